The molecule has 604 valence electrons. The van der Waals surface area contributed by atoms with Crippen LogP contribution in [-0.4, -0.2) is 255 Å². The highest BCUT2D eigenvalue weighted by atomic mass is 35.5. The van der Waals surface area contributed by atoms with Crippen molar-refractivity contribution in [2.75, 3.05) is 75.5 Å². The Labute approximate surface area is 646 Å². The highest BCUT2D eigenvalue weighted by Gasteiger charge is 2.52. The summed E-state index contributed by atoms with van der Waals surface area (Å²) < 4.78 is 42.1. The van der Waals surface area contributed by atoms with Gasteiger partial charge in [-0.25, -0.2) is 0 Å². The molecule has 1 aromatic carbocycles. The molecule has 0 radical (unpaired) electrons. The predicted octanol–water partition coefficient (Wildman–Crippen LogP) is 7.74. The van der Waals surface area contributed by atoms with Crippen molar-refractivity contribution < 1.29 is 70.7 Å². The number of likely N-dealkylation sites (tertiary alicyclic amines) is 1. The average Bonchev–Trinajstić information content (AvgIpc) is 1.77. The minimum absolute atomic E-state index is 0.00175. The number of rotatable bonds is 13. The lowest BCUT2D eigenvalue weighted by atomic mass is 9.81. The summed E-state index contributed by atoms with van der Waals surface area (Å²) in [6.07, 6.45) is 9.23. The van der Waals surface area contributed by atoms with Gasteiger partial charge in [-0.1, -0.05) is 122 Å². The van der Waals surface area contributed by atoms with Gasteiger partial charge in [0.25, 0.3) is 0 Å². The highest BCUT2D eigenvalue weighted by Crippen LogP contribution is 2.39. The first-order chi connectivity index (χ1) is 51.5. The fourth-order valence-corrected chi connectivity index (χ4v) is 17.3. The lowest BCUT2D eigenvalue weighted by molar-refractivity contribution is -0.160. The van der Waals surface area contributed by atoms with Crippen LogP contribution in [0.25, 0.3) is 0 Å². The van der Waals surface area contributed by atoms with Crippen LogP contribution in [0.2, 0.25) is 5.02 Å². The fourth-order valence-electron chi connectivity index (χ4n) is 17.0. The zero-order valence-electron chi connectivity index (χ0n) is 66.4. The number of carbonyl (C=O) groups excluding carboxylic acids is 12. The molecule has 0 unspecified atom stereocenters. The molecule has 2 aromatic rings. The van der Waals surface area contributed by atoms with E-state index < -0.39 is 172 Å². The molecular weight excluding hydrogens is 1430 g/mol. The number of benzene rings is 1. The molecule has 3 aliphatic heterocycles. The lowest BCUT2D eigenvalue weighted by Crippen LogP contribution is -2.66. The predicted molar refractivity (Wildman–Crippen MR) is 405 cm³/mol. The summed E-state index contributed by atoms with van der Waals surface area (Å²) >= 11 is 6.23. The Morgan fingerprint density at radius 3 is 1.85 bits per heavy atom. The van der Waals surface area contributed by atoms with E-state index in [4.69, 9.17) is 11.6 Å². The zero-order chi connectivity index (χ0) is 80.1. The number of hydrogen-bond donors (Lipinski definition) is 3. The number of hydrogen-bond acceptors (Lipinski definition) is 13. The minimum atomic E-state index is -4.79. The van der Waals surface area contributed by atoms with E-state index in [9.17, 15) is 32.3 Å². The molecule has 6 aliphatic rings. The molecule has 109 heavy (non-hydrogen) atoms. The SMILES string of the molecule is CC[C@H](C)[C@@H]1NC(=O)[C@H](CC(C)C)N(C)C(=O)C[C@@H](C(=O)N2CCCCC2)N(C)C(=O)[C@H](C2CCCCC2)N(C)C(=O)C2(CCCC2)NC(=O)[C@H](Cc2cncc(C)c2)N(C)C(=O)[C@H](CCc2ccc(C(F)(F)F)c(Cl)c2)NC(=O)CN(C)C(=O)[C@H](CC2CCCCC2)N(C)C(=O)[C@@H]2CCN2C(=O)[C@H](C)N(C)C1=O. The molecule has 4 heterocycles. The number of alkyl halides is 3. The van der Waals surface area contributed by atoms with Crippen molar-refractivity contribution in [1.82, 2.24) is 65.0 Å². The first-order valence-corrected chi connectivity index (χ1v) is 40.0. The topological polar surface area (TPSA) is 283 Å². The second-order valence-electron chi connectivity index (χ2n) is 32.5. The van der Waals surface area contributed by atoms with Gasteiger partial charge < -0.3 is 60.0 Å². The Morgan fingerprint density at radius 2 is 1.27 bits per heavy atom. The van der Waals surface area contributed by atoms with E-state index in [1.807, 2.05) is 20.8 Å². The fraction of sp³-hybridized carbons (Fsp3) is 0.713. The summed E-state index contributed by atoms with van der Waals surface area (Å²) in [5, 5.41) is 8.28. The molecule has 3 saturated heterocycles. The van der Waals surface area contributed by atoms with Crippen molar-refractivity contribution in [3.8, 4) is 0 Å². The Bertz CT molecular complexity index is 3600. The Hall–Kier alpha value is -7.91. The number of halogens is 4. The largest absolute Gasteiger partial charge is 0.417 e. The molecule has 12 amide bonds. The first kappa shape index (κ1) is 86.7. The van der Waals surface area contributed by atoms with E-state index in [0.717, 1.165) is 85.3 Å². The van der Waals surface area contributed by atoms with Crippen molar-refractivity contribution in [2.45, 2.75) is 268 Å². The second-order valence-corrected chi connectivity index (χ2v) is 32.9. The standard InChI is InChI=1S/C80H119ClF3N13O12/c1-14-51(5)67-76(107)90(8)52(6)71(102)97-39-34-60(97)74(105)93(11)63(43-53-26-18-15-19-27-53)73(104)89(7)48-65(98)86-59(33-31-54-30-32-57(58(81)42-54)80(82,83)84)72(103)92(10)62(44-55-41-50(4)46-85-47-55)70(101)88-79(35-22-23-36-79)78(109)95(13)68(56-28-20-16-21-29-56)77(108)94(12)64(75(106)96-37-24-17-25-38-96)45-66(99)91(9)61(40-49(2)3)69(100)87-67/h30,32,41-42,46-47,49,51-53,56,59-64,67-68H,14-29,31,33-40,43-45,48H2,1-13H3,(H,86,98)(H,87,100)(H,88,101)/t51-,52-,59-,60-,61-,62-,63-,64-,67-,68-/m0/s1. The number of piperidine rings is 1. The minimum Gasteiger partial charge on any atom is -0.343 e. The van der Waals surface area contributed by atoms with E-state index in [1.54, 1.807) is 31.0 Å². The third kappa shape index (κ3) is 21.2. The Kier molecular flexibility index (Phi) is 30.5. The summed E-state index contributed by atoms with van der Waals surface area (Å²) in [5.41, 5.74) is -1.26. The molecule has 29 heteroatoms. The van der Waals surface area contributed by atoms with Crippen LogP contribution in [0.5, 0.6) is 0 Å². The molecule has 1 aromatic heterocycles. The van der Waals surface area contributed by atoms with Gasteiger partial charge in [0.2, 0.25) is 70.9 Å². The van der Waals surface area contributed by atoms with Gasteiger partial charge in [-0.2, -0.15) is 13.2 Å². The van der Waals surface area contributed by atoms with Gasteiger partial charge in [0.1, 0.15) is 59.9 Å². The van der Waals surface area contributed by atoms with Gasteiger partial charge in [0.05, 0.1) is 23.6 Å². The van der Waals surface area contributed by atoms with Gasteiger partial charge in [-0.3, -0.25) is 62.5 Å². The smallest absolute Gasteiger partial charge is 0.343 e. The molecule has 3 saturated carbocycles. The number of aryl methyl sites for hydroxylation is 2. The van der Waals surface area contributed by atoms with E-state index in [-0.39, 0.29) is 75.3 Å². The molecule has 25 nitrogen and oxygen atoms in total. The normalized spacial score (nSPS) is 26.9. The first-order valence-electron chi connectivity index (χ1n) is 39.6. The lowest BCUT2D eigenvalue weighted by Gasteiger charge is -2.45. The van der Waals surface area contributed by atoms with Gasteiger partial charge in [0, 0.05) is 87.8 Å². The number of amides is 12. The van der Waals surface area contributed by atoms with Crippen LogP contribution in [0.4, 0.5) is 13.2 Å². The van der Waals surface area contributed by atoms with Crippen molar-refractivity contribution in [2.24, 2.45) is 23.7 Å². The van der Waals surface area contributed by atoms with Crippen molar-refractivity contribution in [3.05, 3.63) is 63.9 Å². The number of likely N-dealkylation sites (N-methyl/N-ethyl adjacent to an activating group) is 7. The summed E-state index contributed by atoms with van der Waals surface area (Å²) in [5.74, 6) is -8.96. The van der Waals surface area contributed by atoms with E-state index in [0.29, 0.717) is 63.6 Å². The third-order valence-corrected chi connectivity index (χ3v) is 24.6. The average molecular weight is 1550 g/mol. The van der Waals surface area contributed by atoms with Gasteiger partial charge >= 0.3 is 6.18 Å². The van der Waals surface area contributed by atoms with Gasteiger partial charge in [-0.15, -0.1) is 0 Å². The summed E-state index contributed by atoms with van der Waals surface area (Å²) in [6.45, 7) is 10.9. The number of fused-ring (bicyclic) bond motifs is 1. The van der Waals surface area contributed by atoms with Crippen LogP contribution in [0.3, 0.4) is 0 Å². The monoisotopic (exact) mass is 1550 g/mol. The van der Waals surface area contributed by atoms with Crippen LogP contribution >= 0.6 is 11.6 Å². The summed E-state index contributed by atoms with van der Waals surface area (Å²) in [6, 6.07) is -6.50. The maximum absolute atomic E-state index is 16.1. The second kappa shape index (κ2) is 38.3. The van der Waals surface area contributed by atoms with Crippen LogP contribution in [-0.2, 0) is 76.6 Å². The van der Waals surface area contributed by atoms with Crippen molar-refractivity contribution in [3.63, 3.8) is 0 Å². The number of carbonyl (C=O) groups is 12. The number of nitrogens with zero attached hydrogens (tertiary/aromatic N) is 10. The van der Waals surface area contributed by atoms with E-state index in [2.05, 4.69) is 20.9 Å². The Balaban J connectivity index is 1.23. The van der Waals surface area contributed by atoms with E-state index in [1.165, 1.54) is 97.9 Å². The van der Waals surface area contributed by atoms with Crippen LogP contribution < -0.4 is 16.0 Å². The Morgan fingerprint density at radius 1 is 0.642 bits per heavy atom. The van der Waals surface area contributed by atoms with Crippen LogP contribution in [0.1, 0.15) is 205 Å². The molecule has 3 aliphatic carbocycles. The molecule has 3 N–H and O–H groups in total. The molecule has 6 fully saturated rings. The zero-order valence-corrected chi connectivity index (χ0v) is 67.1. The molecule has 1 spiro atoms. The maximum atomic E-state index is 16.1. The number of pyridine rings is 1. The molecule has 8 rings (SSSR count). The van der Waals surface area contributed by atoms with Crippen molar-refractivity contribution >= 4 is 82.5 Å². The molecule has 10 atom stereocenters. The summed E-state index contributed by atoms with van der Waals surface area (Å²) in [4.78, 5) is 200. The number of aromatic nitrogens is 1. The molecular formula is C80H119ClF3N13O12. The van der Waals surface area contributed by atoms with Crippen LogP contribution in [0, 0.1) is 30.6 Å². The van der Waals surface area contributed by atoms with E-state index >= 15 is 38.4 Å². The van der Waals surface area contributed by atoms with Gasteiger partial charge in [0.15, 0.2) is 0 Å². The summed E-state index contributed by atoms with van der Waals surface area (Å²) in [7, 11) is 10.1. The van der Waals surface area contributed by atoms with Crippen LogP contribution in [0.15, 0.2) is 36.7 Å². The third-order valence-electron chi connectivity index (χ3n) is 24.3. The van der Waals surface area contributed by atoms with Gasteiger partial charge in [-0.05, 0) is 143 Å². The number of nitrogens with one attached hydrogen (secondary N) is 3. The molecule has 0 bridgehead atoms. The highest BCUT2D eigenvalue weighted by molar-refractivity contribution is 6.31. The van der Waals surface area contributed by atoms with Crippen molar-refractivity contribution in [1.29, 1.82) is 0 Å². The maximum Gasteiger partial charge on any atom is 0.417 e. The quantitative estimate of drug-likeness (QED) is 0.173.